The van der Waals surface area contributed by atoms with Crippen LogP contribution in [0.15, 0.2) is 30.3 Å². The molecule has 7 heteroatoms. The SMILES string of the molecule is COc1cc([C@H]2CCCO2)nc(C(=O)NCc2ccc(F)cc2)c1O. The molecule has 0 spiro atoms. The van der Waals surface area contributed by atoms with Crippen LogP contribution in [0.5, 0.6) is 11.5 Å². The molecule has 132 valence electrons. The van der Waals surface area contributed by atoms with E-state index in [9.17, 15) is 14.3 Å². The van der Waals surface area contributed by atoms with Gasteiger partial charge in [0.15, 0.2) is 17.2 Å². The van der Waals surface area contributed by atoms with Crippen molar-refractivity contribution in [2.45, 2.75) is 25.5 Å². The first-order valence-corrected chi connectivity index (χ1v) is 8.00. The fourth-order valence-corrected chi connectivity index (χ4v) is 2.69. The molecule has 0 aliphatic carbocycles. The van der Waals surface area contributed by atoms with Gasteiger partial charge in [-0.3, -0.25) is 4.79 Å². The Hall–Kier alpha value is -2.67. The fourth-order valence-electron chi connectivity index (χ4n) is 2.69. The van der Waals surface area contributed by atoms with Gasteiger partial charge in [-0.2, -0.15) is 0 Å². The van der Waals surface area contributed by atoms with Crippen LogP contribution in [0, 0.1) is 5.82 Å². The number of benzene rings is 1. The number of hydrogen-bond acceptors (Lipinski definition) is 5. The molecule has 0 unspecified atom stereocenters. The van der Waals surface area contributed by atoms with E-state index in [0.29, 0.717) is 12.3 Å². The van der Waals surface area contributed by atoms with Gasteiger partial charge in [0, 0.05) is 19.2 Å². The number of methoxy groups -OCH3 is 1. The van der Waals surface area contributed by atoms with Gasteiger partial charge in [-0.1, -0.05) is 12.1 Å². The van der Waals surface area contributed by atoms with E-state index in [1.807, 2.05) is 0 Å². The fraction of sp³-hybridized carbons (Fsp3) is 0.333. The zero-order valence-electron chi connectivity index (χ0n) is 13.8. The van der Waals surface area contributed by atoms with E-state index < -0.39 is 5.91 Å². The lowest BCUT2D eigenvalue weighted by molar-refractivity contribution is 0.0935. The number of nitrogens with one attached hydrogen (secondary N) is 1. The highest BCUT2D eigenvalue weighted by molar-refractivity contribution is 5.95. The predicted molar refractivity (Wildman–Crippen MR) is 88.0 cm³/mol. The predicted octanol–water partition coefficient (Wildman–Crippen LogP) is 2.72. The summed E-state index contributed by atoms with van der Waals surface area (Å²) in [6.45, 7) is 0.828. The second-order valence-electron chi connectivity index (χ2n) is 5.76. The first kappa shape index (κ1) is 17.2. The number of rotatable bonds is 5. The number of aromatic nitrogens is 1. The summed E-state index contributed by atoms with van der Waals surface area (Å²) in [5, 5.41) is 12.9. The summed E-state index contributed by atoms with van der Waals surface area (Å²) in [7, 11) is 1.41. The molecule has 1 amide bonds. The van der Waals surface area contributed by atoms with Gasteiger partial charge >= 0.3 is 0 Å². The van der Waals surface area contributed by atoms with Crippen molar-refractivity contribution in [2.75, 3.05) is 13.7 Å². The maximum absolute atomic E-state index is 12.9. The van der Waals surface area contributed by atoms with Crippen LogP contribution in [0.3, 0.4) is 0 Å². The van der Waals surface area contributed by atoms with Crippen molar-refractivity contribution in [1.29, 1.82) is 0 Å². The number of carbonyl (C=O) groups excluding carboxylic acids is 1. The van der Waals surface area contributed by atoms with Gasteiger partial charge in [0.1, 0.15) is 5.82 Å². The number of pyridine rings is 1. The number of nitrogens with zero attached hydrogens (tertiary/aromatic N) is 1. The molecule has 2 heterocycles. The highest BCUT2D eigenvalue weighted by Crippen LogP contribution is 2.35. The first-order valence-electron chi connectivity index (χ1n) is 8.00. The van der Waals surface area contributed by atoms with Crippen molar-refractivity contribution in [1.82, 2.24) is 10.3 Å². The molecule has 2 aromatic rings. The second-order valence-corrected chi connectivity index (χ2v) is 5.76. The lowest BCUT2D eigenvalue weighted by Crippen LogP contribution is -2.24. The van der Waals surface area contributed by atoms with Crippen molar-refractivity contribution in [3.05, 3.63) is 53.1 Å². The Labute approximate surface area is 144 Å². The molecular weight excluding hydrogens is 327 g/mol. The Balaban J connectivity index is 1.80. The molecular formula is C18H19FN2O4. The van der Waals surface area contributed by atoms with E-state index >= 15 is 0 Å². The van der Waals surface area contributed by atoms with E-state index in [2.05, 4.69) is 10.3 Å². The normalized spacial score (nSPS) is 16.6. The molecule has 3 rings (SSSR count). The summed E-state index contributed by atoms with van der Waals surface area (Å²) in [4.78, 5) is 16.7. The number of hydrogen-bond donors (Lipinski definition) is 2. The highest BCUT2D eigenvalue weighted by Gasteiger charge is 2.25. The zero-order valence-corrected chi connectivity index (χ0v) is 13.8. The Morgan fingerprint density at radius 2 is 2.20 bits per heavy atom. The van der Waals surface area contributed by atoms with E-state index in [-0.39, 0.29) is 35.7 Å². The minimum absolute atomic E-state index is 0.119. The standard InChI is InChI=1S/C18H19FN2O4/c1-24-15-9-13(14-3-2-8-25-14)21-16(17(15)22)18(23)20-10-11-4-6-12(19)7-5-11/h4-7,9,14,22H,2-3,8,10H2,1H3,(H,20,23)/t14-/m1/s1. The van der Waals surface area contributed by atoms with Gasteiger partial charge < -0.3 is 19.9 Å². The summed E-state index contributed by atoms with van der Waals surface area (Å²) in [5.41, 5.74) is 1.17. The topological polar surface area (TPSA) is 80.7 Å². The van der Waals surface area contributed by atoms with E-state index in [0.717, 1.165) is 18.4 Å². The minimum atomic E-state index is -0.542. The third kappa shape index (κ3) is 3.88. The van der Waals surface area contributed by atoms with Crippen LogP contribution >= 0.6 is 0 Å². The number of aromatic hydroxyl groups is 1. The third-order valence-electron chi connectivity index (χ3n) is 4.04. The summed E-state index contributed by atoms with van der Waals surface area (Å²) < 4.78 is 23.7. The van der Waals surface area contributed by atoms with Gasteiger partial charge in [-0.15, -0.1) is 0 Å². The average molecular weight is 346 g/mol. The third-order valence-corrected chi connectivity index (χ3v) is 4.04. The van der Waals surface area contributed by atoms with Crippen LogP contribution in [0.4, 0.5) is 4.39 Å². The van der Waals surface area contributed by atoms with Crippen molar-refractivity contribution in [3.63, 3.8) is 0 Å². The van der Waals surface area contributed by atoms with Crippen LogP contribution in [0.25, 0.3) is 0 Å². The number of carbonyl (C=O) groups is 1. The summed E-state index contributed by atoms with van der Waals surface area (Å²) in [5.74, 6) is -1.03. The Bertz CT molecular complexity index is 758. The van der Waals surface area contributed by atoms with E-state index in [1.54, 1.807) is 18.2 Å². The molecule has 1 fully saturated rings. The molecule has 2 N–H and O–H groups in total. The van der Waals surface area contributed by atoms with Crippen molar-refractivity contribution in [2.24, 2.45) is 0 Å². The molecule has 1 aliphatic heterocycles. The van der Waals surface area contributed by atoms with Gasteiger partial charge in [0.05, 0.1) is 18.9 Å². The molecule has 1 atom stereocenters. The Kier molecular flexibility index (Phi) is 5.14. The summed E-state index contributed by atoms with van der Waals surface area (Å²) >= 11 is 0. The van der Waals surface area contributed by atoms with Crippen LogP contribution < -0.4 is 10.1 Å². The Morgan fingerprint density at radius 3 is 2.84 bits per heavy atom. The lowest BCUT2D eigenvalue weighted by atomic mass is 10.1. The molecule has 0 bridgehead atoms. The van der Waals surface area contributed by atoms with Crippen molar-refractivity contribution in [3.8, 4) is 11.5 Å². The smallest absolute Gasteiger partial charge is 0.274 e. The maximum Gasteiger partial charge on any atom is 0.274 e. The second kappa shape index (κ2) is 7.48. The molecule has 1 aromatic heterocycles. The highest BCUT2D eigenvalue weighted by atomic mass is 19.1. The minimum Gasteiger partial charge on any atom is -0.503 e. The van der Waals surface area contributed by atoms with Gasteiger partial charge in [0.25, 0.3) is 5.91 Å². The van der Waals surface area contributed by atoms with Crippen LogP contribution in [0.1, 0.15) is 40.7 Å². The summed E-state index contributed by atoms with van der Waals surface area (Å²) in [6.07, 6.45) is 1.51. The van der Waals surface area contributed by atoms with E-state index in [4.69, 9.17) is 9.47 Å². The van der Waals surface area contributed by atoms with E-state index in [1.165, 1.54) is 19.2 Å². The zero-order chi connectivity index (χ0) is 17.8. The Morgan fingerprint density at radius 1 is 1.44 bits per heavy atom. The van der Waals surface area contributed by atoms with Crippen LogP contribution in [-0.4, -0.2) is 29.7 Å². The average Bonchev–Trinajstić information content (AvgIpc) is 3.16. The summed E-state index contributed by atoms with van der Waals surface area (Å²) in [6, 6.07) is 7.37. The number of ether oxygens (including phenoxy) is 2. The molecule has 6 nitrogen and oxygen atoms in total. The van der Waals surface area contributed by atoms with Crippen molar-refractivity contribution >= 4 is 5.91 Å². The van der Waals surface area contributed by atoms with Gasteiger partial charge in [-0.25, -0.2) is 9.37 Å². The van der Waals surface area contributed by atoms with Gasteiger partial charge in [-0.05, 0) is 30.5 Å². The largest absolute Gasteiger partial charge is 0.503 e. The molecule has 1 saturated heterocycles. The molecule has 25 heavy (non-hydrogen) atoms. The molecule has 0 radical (unpaired) electrons. The number of amides is 1. The lowest BCUT2D eigenvalue weighted by Gasteiger charge is -2.14. The maximum atomic E-state index is 12.9. The quantitative estimate of drug-likeness (QED) is 0.870. The molecule has 0 saturated carbocycles. The molecule has 1 aliphatic rings. The van der Waals surface area contributed by atoms with Gasteiger partial charge in [0.2, 0.25) is 0 Å². The van der Waals surface area contributed by atoms with Crippen LogP contribution in [0.2, 0.25) is 0 Å². The molecule has 1 aromatic carbocycles. The van der Waals surface area contributed by atoms with Crippen molar-refractivity contribution < 1.29 is 23.8 Å². The first-order chi connectivity index (χ1) is 12.1. The van der Waals surface area contributed by atoms with Crippen LogP contribution in [-0.2, 0) is 11.3 Å². The number of halogens is 1. The monoisotopic (exact) mass is 346 g/mol.